The van der Waals surface area contributed by atoms with Crippen molar-refractivity contribution in [3.63, 3.8) is 0 Å². The van der Waals surface area contributed by atoms with E-state index in [-0.39, 0.29) is 18.4 Å². The summed E-state index contributed by atoms with van der Waals surface area (Å²) in [5.74, 6) is 0.127. The SMILES string of the molecule is CC(=O)Nc1ccnc(C23CN(C(=O)OC(C)(C)C)CC2(C)CSC(NC(=O)c2ccccc2)=N3)c1. The molecule has 2 aliphatic heterocycles. The van der Waals surface area contributed by atoms with Gasteiger partial charge in [0.25, 0.3) is 5.91 Å². The number of amides is 3. The van der Waals surface area contributed by atoms with Crippen LogP contribution in [-0.2, 0) is 15.1 Å². The number of likely N-dealkylation sites (tertiary alicyclic amines) is 1. The number of aromatic nitrogens is 1. The lowest BCUT2D eigenvalue weighted by molar-refractivity contribution is -0.114. The summed E-state index contributed by atoms with van der Waals surface area (Å²) in [6.45, 7) is 9.62. The Kier molecular flexibility index (Phi) is 6.83. The molecule has 1 aromatic heterocycles. The number of ether oxygens (including phenoxy) is 1. The highest BCUT2D eigenvalue weighted by Gasteiger charge is 2.60. The molecular weight excluding hydrogens is 478 g/mol. The summed E-state index contributed by atoms with van der Waals surface area (Å²) in [6.07, 6.45) is 1.19. The number of anilines is 1. The third kappa shape index (κ3) is 5.23. The molecule has 0 bridgehead atoms. The predicted octanol–water partition coefficient (Wildman–Crippen LogP) is 4.03. The second-order valence-electron chi connectivity index (χ2n) is 10.4. The van der Waals surface area contributed by atoms with Crippen molar-refractivity contribution < 1.29 is 19.1 Å². The quantitative estimate of drug-likeness (QED) is 0.646. The average molecular weight is 510 g/mol. The van der Waals surface area contributed by atoms with Crippen LogP contribution in [0.15, 0.2) is 53.7 Å². The highest BCUT2D eigenvalue weighted by Crippen LogP contribution is 2.53. The van der Waals surface area contributed by atoms with E-state index in [0.29, 0.717) is 34.4 Å². The lowest BCUT2D eigenvalue weighted by atomic mass is 9.72. The predicted molar refractivity (Wildman–Crippen MR) is 140 cm³/mol. The number of rotatable bonds is 3. The molecule has 1 saturated heterocycles. The van der Waals surface area contributed by atoms with Crippen LogP contribution in [0.4, 0.5) is 10.5 Å². The maximum atomic E-state index is 13.1. The van der Waals surface area contributed by atoms with E-state index in [0.717, 1.165) is 0 Å². The number of fused-ring (bicyclic) bond motifs is 1. The van der Waals surface area contributed by atoms with Gasteiger partial charge in [0.2, 0.25) is 5.91 Å². The molecule has 2 N–H and O–H groups in total. The van der Waals surface area contributed by atoms with Crippen LogP contribution in [0.25, 0.3) is 0 Å². The van der Waals surface area contributed by atoms with Crippen molar-refractivity contribution in [2.45, 2.75) is 45.8 Å². The molecule has 10 heteroatoms. The minimum absolute atomic E-state index is 0.201. The van der Waals surface area contributed by atoms with Crippen LogP contribution in [-0.4, -0.2) is 57.4 Å². The fourth-order valence-corrected chi connectivity index (χ4v) is 5.68. The zero-order valence-corrected chi connectivity index (χ0v) is 21.9. The van der Waals surface area contributed by atoms with E-state index in [1.54, 1.807) is 47.5 Å². The Balaban J connectivity index is 1.75. The van der Waals surface area contributed by atoms with Gasteiger partial charge in [0.05, 0.1) is 12.2 Å². The van der Waals surface area contributed by atoms with E-state index in [1.165, 1.54) is 18.7 Å². The van der Waals surface area contributed by atoms with Crippen molar-refractivity contribution in [2.75, 3.05) is 24.2 Å². The van der Waals surface area contributed by atoms with Gasteiger partial charge in [-0.3, -0.25) is 14.6 Å². The van der Waals surface area contributed by atoms with Gasteiger partial charge in [-0.15, -0.1) is 0 Å². The third-order valence-electron chi connectivity index (χ3n) is 6.19. The number of pyridine rings is 1. The number of aliphatic imine (C=N–C) groups is 1. The van der Waals surface area contributed by atoms with Crippen LogP contribution in [0, 0.1) is 5.41 Å². The minimum Gasteiger partial charge on any atom is -0.444 e. The topological polar surface area (TPSA) is 113 Å². The molecule has 2 aromatic rings. The highest BCUT2D eigenvalue weighted by molar-refractivity contribution is 8.14. The van der Waals surface area contributed by atoms with E-state index >= 15 is 0 Å². The van der Waals surface area contributed by atoms with Crippen molar-refractivity contribution in [3.05, 3.63) is 59.9 Å². The molecule has 190 valence electrons. The first-order valence-electron chi connectivity index (χ1n) is 11.7. The molecule has 1 fully saturated rings. The molecule has 2 unspecified atom stereocenters. The maximum absolute atomic E-state index is 13.1. The molecule has 1 aromatic carbocycles. The summed E-state index contributed by atoms with van der Waals surface area (Å²) in [7, 11) is 0. The van der Waals surface area contributed by atoms with Crippen LogP contribution in [0.3, 0.4) is 0 Å². The molecule has 0 radical (unpaired) electrons. The van der Waals surface area contributed by atoms with E-state index in [9.17, 15) is 14.4 Å². The van der Waals surface area contributed by atoms with Gasteiger partial charge in [-0.1, -0.05) is 36.9 Å². The molecule has 9 nitrogen and oxygen atoms in total. The zero-order chi connectivity index (χ0) is 26.1. The zero-order valence-electron chi connectivity index (χ0n) is 21.1. The number of hydrogen-bond acceptors (Lipinski definition) is 7. The standard InChI is InChI=1S/C26H31N5O4S/c1-17(32)28-19-11-12-27-20(13-19)26-15-31(23(34)35-24(2,3)4)14-25(26,5)16-36-22(30-26)29-21(33)18-9-7-6-8-10-18/h6-13H,14-16H2,1-5H3,(H,27,28,32)(H,29,30,33). The Morgan fingerprint density at radius 2 is 1.81 bits per heavy atom. The molecule has 2 atom stereocenters. The van der Waals surface area contributed by atoms with Crippen LogP contribution in [0.2, 0.25) is 0 Å². The van der Waals surface area contributed by atoms with Gasteiger partial charge in [0.1, 0.15) is 11.1 Å². The molecular formula is C26H31N5O4S. The minimum atomic E-state index is -0.955. The average Bonchev–Trinajstić information content (AvgIpc) is 3.12. The normalized spacial score (nSPS) is 23.4. The lowest BCUT2D eigenvalue weighted by Crippen LogP contribution is -2.49. The molecule has 3 heterocycles. The summed E-state index contributed by atoms with van der Waals surface area (Å²) in [6, 6.07) is 12.4. The molecule has 0 spiro atoms. The summed E-state index contributed by atoms with van der Waals surface area (Å²) in [5.41, 5.74) is -0.386. The van der Waals surface area contributed by atoms with E-state index in [4.69, 9.17) is 9.73 Å². The van der Waals surface area contributed by atoms with Crippen molar-refractivity contribution in [1.82, 2.24) is 15.2 Å². The molecule has 0 saturated carbocycles. The lowest BCUT2D eigenvalue weighted by Gasteiger charge is -2.42. The Labute approximate surface area is 215 Å². The highest BCUT2D eigenvalue weighted by atomic mass is 32.2. The first-order valence-corrected chi connectivity index (χ1v) is 12.7. The fourth-order valence-electron chi connectivity index (χ4n) is 4.51. The Hall–Kier alpha value is -3.40. The van der Waals surface area contributed by atoms with E-state index in [1.807, 2.05) is 26.8 Å². The number of nitrogens with one attached hydrogen (secondary N) is 2. The Morgan fingerprint density at radius 3 is 2.47 bits per heavy atom. The number of carbonyl (C=O) groups excluding carboxylic acids is 3. The van der Waals surface area contributed by atoms with E-state index < -0.39 is 22.6 Å². The van der Waals surface area contributed by atoms with Crippen LogP contribution in [0.1, 0.15) is 50.7 Å². The number of nitrogens with zero attached hydrogens (tertiary/aromatic N) is 3. The number of benzene rings is 1. The number of thioether (sulfide) groups is 1. The first-order chi connectivity index (χ1) is 16.9. The van der Waals surface area contributed by atoms with Crippen molar-refractivity contribution in [1.29, 1.82) is 0 Å². The number of amidine groups is 1. The number of carbonyl (C=O) groups is 3. The van der Waals surface area contributed by atoms with Crippen LogP contribution < -0.4 is 10.6 Å². The van der Waals surface area contributed by atoms with Crippen LogP contribution >= 0.6 is 11.8 Å². The number of hydrogen-bond donors (Lipinski definition) is 2. The Morgan fingerprint density at radius 1 is 1.08 bits per heavy atom. The van der Waals surface area contributed by atoms with Crippen molar-refractivity contribution in [2.24, 2.45) is 10.4 Å². The fraction of sp³-hybridized carbons (Fsp3) is 0.423. The molecule has 36 heavy (non-hydrogen) atoms. The van der Waals surface area contributed by atoms with Crippen LogP contribution in [0.5, 0.6) is 0 Å². The molecule has 3 amide bonds. The van der Waals surface area contributed by atoms with Gasteiger partial charge in [0, 0.05) is 42.1 Å². The summed E-state index contributed by atoms with van der Waals surface area (Å²) >= 11 is 1.44. The maximum Gasteiger partial charge on any atom is 0.410 e. The van der Waals surface area contributed by atoms with Crippen molar-refractivity contribution >= 4 is 40.5 Å². The van der Waals surface area contributed by atoms with Gasteiger partial charge < -0.3 is 20.3 Å². The van der Waals surface area contributed by atoms with Gasteiger partial charge in [-0.05, 0) is 45.0 Å². The summed E-state index contributed by atoms with van der Waals surface area (Å²) in [4.78, 5) is 49.0. The van der Waals surface area contributed by atoms with Gasteiger partial charge in [-0.2, -0.15) is 0 Å². The molecule has 2 aliphatic rings. The molecule has 4 rings (SSSR count). The Bertz CT molecular complexity index is 1210. The van der Waals surface area contributed by atoms with E-state index in [2.05, 4.69) is 22.5 Å². The molecule has 0 aliphatic carbocycles. The smallest absolute Gasteiger partial charge is 0.410 e. The van der Waals surface area contributed by atoms with Crippen molar-refractivity contribution in [3.8, 4) is 0 Å². The third-order valence-corrected chi connectivity index (χ3v) is 7.44. The van der Waals surface area contributed by atoms with Gasteiger partial charge in [-0.25, -0.2) is 9.79 Å². The largest absolute Gasteiger partial charge is 0.444 e. The van der Waals surface area contributed by atoms with Gasteiger partial charge >= 0.3 is 6.09 Å². The second kappa shape index (κ2) is 9.57. The summed E-state index contributed by atoms with van der Waals surface area (Å²) in [5, 5.41) is 6.18. The second-order valence-corrected chi connectivity index (χ2v) is 11.4. The summed E-state index contributed by atoms with van der Waals surface area (Å²) < 4.78 is 5.66. The van der Waals surface area contributed by atoms with Gasteiger partial charge in [0.15, 0.2) is 5.17 Å². The first kappa shape index (κ1) is 25.7. The monoisotopic (exact) mass is 509 g/mol.